The zero-order chi connectivity index (χ0) is 68.7. The van der Waals surface area contributed by atoms with E-state index in [-0.39, 0.29) is 0 Å². The van der Waals surface area contributed by atoms with Gasteiger partial charge in [0.2, 0.25) is 11.8 Å². The Morgan fingerprint density at radius 2 is 0.816 bits per heavy atom. The van der Waals surface area contributed by atoms with Crippen LogP contribution in [-0.2, 0) is 16.0 Å². The van der Waals surface area contributed by atoms with Crippen molar-refractivity contribution in [3.8, 4) is 0 Å². The summed E-state index contributed by atoms with van der Waals surface area (Å²) in [4.78, 5) is 29.5. The fourth-order valence-corrected chi connectivity index (χ4v) is 10.1. The Hall–Kier alpha value is -2.18. The smallest absolute Gasteiger partial charge is 0.222 e. The van der Waals surface area contributed by atoms with E-state index in [9.17, 15) is 9.59 Å². The van der Waals surface area contributed by atoms with E-state index in [2.05, 4.69) is 157 Å². The first-order valence-corrected chi connectivity index (χ1v) is 38.5. The van der Waals surface area contributed by atoms with Crippen LogP contribution in [0.1, 0.15) is 354 Å². The quantitative estimate of drug-likeness (QED) is 0.212. The van der Waals surface area contributed by atoms with E-state index in [0.717, 1.165) is 80.4 Å². The van der Waals surface area contributed by atoms with Gasteiger partial charge in [-0.1, -0.05) is 295 Å². The van der Waals surface area contributed by atoms with E-state index < -0.39 is 0 Å². The van der Waals surface area contributed by atoms with Crippen LogP contribution < -0.4 is 5.32 Å². The molecular formula is C81H170N4O2. The summed E-state index contributed by atoms with van der Waals surface area (Å²) in [6.07, 6.45) is 36.4. The molecule has 6 heteroatoms. The molecule has 2 aliphatic carbocycles. The Morgan fingerprint density at radius 1 is 0.437 bits per heavy atom. The maximum Gasteiger partial charge on any atom is 0.222 e. The second kappa shape index (κ2) is 81.8. The second-order valence-electron chi connectivity index (χ2n) is 25.6. The van der Waals surface area contributed by atoms with Crippen LogP contribution in [0.2, 0.25) is 0 Å². The summed E-state index contributed by atoms with van der Waals surface area (Å²) in [6, 6.07) is 10.6. The molecule has 0 spiro atoms. The zero-order valence-corrected chi connectivity index (χ0v) is 65.7. The first-order chi connectivity index (χ1) is 41.8. The number of nitrogens with zero attached hydrogens (tertiary/aromatic N) is 3. The Balaban J connectivity index is -0.000000134. The standard InChI is InChI=1S/C10H19NO.C10H20.C10H14.C9H17NO.C9H19N.C9H16.C5H11N.C5H12.7C2H6/c1-9(2)8-10(12)11-6-4-3-5-7-11;2*1-9(2)8-10-6-4-3-5-7-10;1-8(2)7-9(11)10-5-3-4-6-10;1-9(2)8-10-6-4-3-5-7-10;1-8(2)9-6-4-3-5-7-9;1-2-4-6-5-3-1;1-4-5(2)3;7*1-2/h9H,3-8H2,1-2H3;9-10H,3-8H2,1-2H3;3-7,9H,8H2,1-2H3;8H,3-7H2,1-2H3;9H,3-8H2,1-2H3;4,6,8-9H,3,5,7H2,1-2H3;6H,1-5H2;5H,4H2,1-3H3;7*1-2H3. The third-order valence-electron chi connectivity index (χ3n) is 14.6. The molecule has 1 aromatic carbocycles. The molecule has 1 unspecified atom stereocenters. The number of allylic oxidation sites excluding steroid dienone is 2. The molecule has 1 aromatic rings. The first-order valence-electron chi connectivity index (χ1n) is 38.5. The molecular weight excluding hydrogens is 1060 g/mol. The molecule has 4 aliphatic heterocycles. The lowest BCUT2D eigenvalue weighted by molar-refractivity contribution is -0.133. The highest BCUT2D eigenvalue weighted by atomic mass is 16.2. The van der Waals surface area contributed by atoms with Crippen LogP contribution in [0, 0.1) is 53.3 Å². The summed E-state index contributed by atoms with van der Waals surface area (Å²) >= 11 is 0. The summed E-state index contributed by atoms with van der Waals surface area (Å²) in [7, 11) is 0. The van der Waals surface area contributed by atoms with Gasteiger partial charge in [-0.05, 0) is 175 Å². The first kappa shape index (κ1) is 101. The maximum absolute atomic E-state index is 11.5. The van der Waals surface area contributed by atoms with Crippen molar-refractivity contribution in [1.82, 2.24) is 20.0 Å². The van der Waals surface area contributed by atoms with Gasteiger partial charge in [0.25, 0.3) is 0 Å². The van der Waals surface area contributed by atoms with E-state index in [1.807, 2.05) is 107 Å². The molecule has 7 rings (SSSR count). The Morgan fingerprint density at radius 3 is 1.10 bits per heavy atom. The monoisotopic (exact) mass is 1230 g/mol. The van der Waals surface area contributed by atoms with Gasteiger partial charge in [-0.2, -0.15) is 0 Å². The zero-order valence-electron chi connectivity index (χ0n) is 65.7. The van der Waals surface area contributed by atoms with E-state index in [4.69, 9.17) is 0 Å². The van der Waals surface area contributed by atoms with Crippen molar-refractivity contribution in [2.75, 3.05) is 58.9 Å². The third-order valence-corrected chi connectivity index (χ3v) is 14.6. The topological polar surface area (TPSA) is 55.9 Å². The van der Waals surface area contributed by atoms with Crippen LogP contribution in [-0.4, -0.2) is 85.4 Å². The van der Waals surface area contributed by atoms with Crippen molar-refractivity contribution in [2.24, 2.45) is 53.3 Å². The van der Waals surface area contributed by atoms with Crippen LogP contribution in [0.15, 0.2) is 42.5 Å². The van der Waals surface area contributed by atoms with Gasteiger partial charge in [0.15, 0.2) is 0 Å². The predicted molar refractivity (Wildman–Crippen MR) is 404 cm³/mol. The molecule has 526 valence electrons. The minimum absolute atomic E-state index is 0.345. The highest BCUT2D eigenvalue weighted by molar-refractivity contribution is 5.76. The van der Waals surface area contributed by atoms with Crippen LogP contribution in [0.3, 0.4) is 0 Å². The minimum atomic E-state index is 0.345. The lowest BCUT2D eigenvalue weighted by Gasteiger charge is -2.27. The Bertz CT molecular complexity index is 1340. The van der Waals surface area contributed by atoms with E-state index in [0.29, 0.717) is 23.7 Å². The lowest BCUT2D eigenvalue weighted by Crippen LogP contribution is -2.36. The predicted octanol–water partition coefficient (Wildman–Crippen LogP) is 25.3. The van der Waals surface area contributed by atoms with Crippen molar-refractivity contribution >= 4 is 11.8 Å². The second-order valence-corrected chi connectivity index (χ2v) is 25.6. The fourth-order valence-electron chi connectivity index (χ4n) is 10.1. The molecule has 1 saturated carbocycles. The fraction of sp³-hybridized carbons (Fsp3) is 0.877. The molecule has 0 radical (unpaired) electrons. The average molecular weight is 1230 g/mol. The van der Waals surface area contributed by atoms with E-state index in [1.165, 1.54) is 180 Å². The van der Waals surface area contributed by atoms with Crippen LogP contribution in [0.25, 0.3) is 0 Å². The number of piperidine rings is 3. The Labute approximate surface area is 553 Å². The molecule has 4 heterocycles. The van der Waals surface area contributed by atoms with Gasteiger partial charge in [-0.15, -0.1) is 0 Å². The number of carbonyl (C=O) groups is 2. The summed E-state index contributed by atoms with van der Waals surface area (Å²) < 4.78 is 0. The van der Waals surface area contributed by atoms with Gasteiger partial charge < -0.3 is 20.0 Å². The molecule has 1 atom stereocenters. The van der Waals surface area contributed by atoms with Crippen LogP contribution in [0.4, 0.5) is 0 Å². The molecule has 87 heavy (non-hydrogen) atoms. The number of likely N-dealkylation sites (tertiary alicyclic amines) is 3. The number of hydrogen-bond donors (Lipinski definition) is 1. The molecule has 2 amide bonds. The van der Waals surface area contributed by atoms with E-state index >= 15 is 0 Å². The normalized spacial score (nSPS) is 16.5. The summed E-state index contributed by atoms with van der Waals surface area (Å²) in [5, 5.41) is 3.28. The molecule has 1 N–H and O–H groups in total. The van der Waals surface area contributed by atoms with Crippen molar-refractivity contribution in [2.45, 2.75) is 355 Å². The van der Waals surface area contributed by atoms with Gasteiger partial charge in [-0.25, -0.2) is 0 Å². The molecule has 6 aliphatic rings. The summed E-state index contributed by atoms with van der Waals surface area (Å²) in [6.45, 7) is 71.9. The molecule has 0 aromatic heterocycles. The van der Waals surface area contributed by atoms with Gasteiger partial charge in [-0.3, -0.25) is 9.59 Å². The van der Waals surface area contributed by atoms with Gasteiger partial charge in [0.1, 0.15) is 0 Å². The van der Waals surface area contributed by atoms with Gasteiger partial charge in [0.05, 0.1) is 0 Å². The number of hydrogen-bond acceptors (Lipinski definition) is 4. The average Bonchev–Trinajstić information content (AvgIpc) is 4.12. The summed E-state index contributed by atoms with van der Waals surface area (Å²) in [5.41, 5.74) is 1.44. The minimum Gasteiger partial charge on any atom is -0.343 e. The summed E-state index contributed by atoms with van der Waals surface area (Å²) in [5.74, 6) is 7.91. The number of amides is 2. The maximum atomic E-state index is 11.5. The Kier molecular flexibility index (Phi) is 95.0. The molecule has 5 fully saturated rings. The van der Waals surface area contributed by atoms with Crippen LogP contribution >= 0.6 is 0 Å². The van der Waals surface area contributed by atoms with Crippen molar-refractivity contribution in [3.63, 3.8) is 0 Å². The molecule has 6 nitrogen and oxygen atoms in total. The largest absolute Gasteiger partial charge is 0.343 e. The van der Waals surface area contributed by atoms with Gasteiger partial charge >= 0.3 is 0 Å². The molecule has 4 saturated heterocycles. The number of nitrogens with one attached hydrogen (secondary N) is 1. The van der Waals surface area contributed by atoms with Crippen molar-refractivity contribution < 1.29 is 9.59 Å². The van der Waals surface area contributed by atoms with Crippen molar-refractivity contribution in [1.29, 1.82) is 0 Å². The van der Waals surface area contributed by atoms with Gasteiger partial charge in [0, 0.05) is 45.6 Å². The SMILES string of the molecule is C1CCNCC1.CC.CC.CC.CC.CC.CC.CC.CC(C)C1C=CCCC1.CC(C)CC(=O)N1CCCC1.CC(C)CC(=O)N1CCCCC1.CC(C)CC1CCCCC1.CC(C)CN1CCCCC1.CC(C)Cc1ccccc1.CCC(C)C. The number of rotatable bonds is 12. The molecule has 0 bridgehead atoms. The lowest BCUT2D eigenvalue weighted by atomic mass is 9.84. The number of benzene rings is 1. The van der Waals surface area contributed by atoms with Crippen LogP contribution in [0.5, 0.6) is 0 Å². The third kappa shape index (κ3) is 78.0. The number of carbonyl (C=O) groups excluding carboxylic acids is 2. The highest BCUT2D eigenvalue weighted by Crippen LogP contribution is 2.29. The van der Waals surface area contributed by atoms with E-state index in [1.54, 1.807) is 0 Å². The highest BCUT2D eigenvalue weighted by Gasteiger charge is 2.19. The van der Waals surface area contributed by atoms with Crippen molar-refractivity contribution in [3.05, 3.63) is 48.0 Å².